The van der Waals surface area contributed by atoms with Crippen molar-refractivity contribution in [3.63, 3.8) is 0 Å². The molecule has 0 radical (unpaired) electrons. The SMILES string of the molecule is CC(C)[C@H](NC1CCN(S(C)(=O)=O)CC1)c1ccc(F)cn1. The van der Waals surface area contributed by atoms with Gasteiger partial charge >= 0.3 is 0 Å². The van der Waals surface area contributed by atoms with Crippen molar-refractivity contribution in [2.24, 2.45) is 5.92 Å². The first kappa shape index (κ1) is 17.3. The van der Waals surface area contributed by atoms with Crippen LogP contribution in [-0.4, -0.2) is 43.1 Å². The van der Waals surface area contributed by atoms with Gasteiger partial charge in [0.05, 0.1) is 24.2 Å². The highest BCUT2D eigenvalue weighted by Gasteiger charge is 2.27. The van der Waals surface area contributed by atoms with Crippen molar-refractivity contribution in [1.82, 2.24) is 14.6 Å². The summed E-state index contributed by atoms with van der Waals surface area (Å²) in [4.78, 5) is 4.18. The van der Waals surface area contributed by atoms with Gasteiger partial charge in [-0.05, 0) is 30.9 Å². The standard InChI is InChI=1S/C15H24FN3O2S/c1-11(2)15(14-5-4-12(16)10-17-14)18-13-6-8-19(9-7-13)22(3,20)21/h4-5,10-11,13,15,18H,6-9H2,1-3H3/t15-/m0/s1. The normalized spacial score (nSPS) is 19.5. The van der Waals surface area contributed by atoms with Gasteiger partial charge in [0.25, 0.3) is 0 Å². The molecule has 1 aromatic heterocycles. The zero-order chi connectivity index (χ0) is 16.3. The second kappa shape index (κ2) is 7.02. The van der Waals surface area contributed by atoms with Crippen LogP contribution in [0, 0.1) is 11.7 Å². The molecular weight excluding hydrogens is 305 g/mol. The molecule has 0 bridgehead atoms. The highest BCUT2D eigenvalue weighted by atomic mass is 32.2. The van der Waals surface area contributed by atoms with E-state index in [4.69, 9.17) is 0 Å². The maximum absolute atomic E-state index is 13.0. The summed E-state index contributed by atoms with van der Waals surface area (Å²) in [6.07, 6.45) is 4.04. The average Bonchev–Trinajstić information content (AvgIpc) is 2.45. The molecule has 1 N–H and O–H groups in total. The number of hydrogen-bond acceptors (Lipinski definition) is 4. The van der Waals surface area contributed by atoms with Crippen LogP contribution < -0.4 is 5.32 Å². The summed E-state index contributed by atoms with van der Waals surface area (Å²) >= 11 is 0. The Kier molecular flexibility index (Phi) is 5.52. The summed E-state index contributed by atoms with van der Waals surface area (Å²) in [6, 6.07) is 3.41. The molecule has 2 rings (SSSR count). The Morgan fingerprint density at radius 2 is 1.95 bits per heavy atom. The van der Waals surface area contributed by atoms with Gasteiger partial charge in [-0.25, -0.2) is 17.1 Å². The molecule has 1 aliphatic rings. The highest BCUT2D eigenvalue weighted by Crippen LogP contribution is 2.23. The van der Waals surface area contributed by atoms with Crippen molar-refractivity contribution < 1.29 is 12.8 Å². The van der Waals surface area contributed by atoms with Crippen LogP contribution >= 0.6 is 0 Å². The molecule has 1 atom stereocenters. The van der Waals surface area contributed by atoms with Gasteiger partial charge < -0.3 is 5.32 Å². The molecule has 0 amide bonds. The van der Waals surface area contributed by atoms with E-state index in [0.29, 0.717) is 19.0 Å². The number of sulfonamides is 1. The number of rotatable bonds is 5. The van der Waals surface area contributed by atoms with Crippen molar-refractivity contribution >= 4 is 10.0 Å². The lowest BCUT2D eigenvalue weighted by atomic mass is 9.97. The summed E-state index contributed by atoms with van der Waals surface area (Å²) in [6.45, 7) is 5.26. The van der Waals surface area contributed by atoms with Gasteiger partial charge in [-0.3, -0.25) is 4.98 Å². The first-order chi connectivity index (χ1) is 10.3. The van der Waals surface area contributed by atoms with Crippen molar-refractivity contribution in [3.8, 4) is 0 Å². The van der Waals surface area contributed by atoms with Crippen LogP contribution in [0.25, 0.3) is 0 Å². The third kappa shape index (κ3) is 4.47. The van der Waals surface area contributed by atoms with Gasteiger partial charge in [0.1, 0.15) is 5.82 Å². The van der Waals surface area contributed by atoms with Crippen molar-refractivity contribution in [3.05, 3.63) is 29.8 Å². The van der Waals surface area contributed by atoms with Crippen LogP contribution in [0.5, 0.6) is 0 Å². The van der Waals surface area contributed by atoms with Crippen LogP contribution in [0.3, 0.4) is 0 Å². The number of halogens is 1. The predicted octanol–water partition coefficient (Wildman–Crippen LogP) is 1.93. The molecule has 7 heteroatoms. The van der Waals surface area contributed by atoms with E-state index >= 15 is 0 Å². The minimum absolute atomic E-state index is 0.0374. The Morgan fingerprint density at radius 3 is 2.41 bits per heavy atom. The first-order valence-corrected chi connectivity index (χ1v) is 9.45. The van der Waals surface area contributed by atoms with E-state index in [1.165, 1.54) is 22.8 Å². The molecule has 0 aromatic carbocycles. The molecule has 5 nitrogen and oxygen atoms in total. The maximum Gasteiger partial charge on any atom is 0.211 e. The summed E-state index contributed by atoms with van der Waals surface area (Å²) < 4.78 is 37.6. The van der Waals surface area contributed by atoms with Gasteiger partial charge in [-0.15, -0.1) is 0 Å². The summed E-state index contributed by atoms with van der Waals surface area (Å²) in [7, 11) is -3.10. The Labute approximate surface area is 132 Å². The maximum atomic E-state index is 13.0. The number of nitrogens with zero attached hydrogens (tertiary/aromatic N) is 2. The first-order valence-electron chi connectivity index (χ1n) is 7.60. The molecule has 0 saturated carbocycles. The zero-order valence-electron chi connectivity index (χ0n) is 13.3. The number of nitrogens with one attached hydrogen (secondary N) is 1. The fraction of sp³-hybridized carbons (Fsp3) is 0.667. The predicted molar refractivity (Wildman–Crippen MR) is 84.3 cm³/mol. The Morgan fingerprint density at radius 1 is 1.32 bits per heavy atom. The van der Waals surface area contributed by atoms with E-state index in [1.807, 2.05) is 0 Å². The summed E-state index contributed by atoms with van der Waals surface area (Å²) in [5.74, 6) is -0.0291. The van der Waals surface area contributed by atoms with Crippen LogP contribution in [-0.2, 0) is 10.0 Å². The van der Waals surface area contributed by atoms with Crippen LogP contribution in [0.4, 0.5) is 4.39 Å². The zero-order valence-corrected chi connectivity index (χ0v) is 14.1. The quantitative estimate of drug-likeness (QED) is 0.897. The summed E-state index contributed by atoms with van der Waals surface area (Å²) in [5, 5.41) is 3.56. The van der Waals surface area contributed by atoms with E-state index in [2.05, 4.69) is 24.1 Å². The molecule has 1 fully saturated rings. The summed E-state index contributed by atoms with van der Waals surface area (Å²) in [5.41, 5.74) is 0.821. The van der Waals surface area contributed by atoms with Crippen LogP contribution in [0.15, 0.2) is 18.3 Å². The highest BCUT2D eigenvalue weighted by molar-refractivity contribution is 7.88. The van der Waals surface area contributed by atoms with Crippen molar-refractivity contribution in [2.75, 3.05) is 19.3 Å². The molecule has 1 aromatic rings. The number of aromatic nitrogens is 1. The van der Waals surface area contributed by atoms with Crippen LogP contribution in [0.2, 0.25) is 0 Å². The van der Waals surface area contributed by atoms with E-state index in [9.17, 15) is 12.8 Å². The molecule has 0 aliphatic carbocycles. The minimum atomic E-state index is -3.10. The third-order valence-corrected chi connectivity index (χ3v) is 5.38. The van der Waals surface area contributed by atoms with Crippen molar-refractivity contribution in [2.45, 2.75) is 38.8 Å². The Balaban J connectivity index is 2.00. The fourth-order valence-electron chi connectivity index (χ4n) is 2.80. The van der Waals surface area contributed by atoms with Gasteiger partial charge in [0.15, 0.2) is 0 Å². The van der Waals surface area contributed by atoms with Crippen LogP contribution in [0.1, 0.15) is 38.4 Å². The molecule has 0 spiro atoms. The number of hydrogen-bond donors (Lipinski definition) is 1. The minimum Gasteiger partial charge on any atom is -0.306 e. The van der Waals surface area contributed by atoms with E-state index < -0.39 is 10.0 Å². The second-order valence-corrected chi connectivity index (χ2v) is 8.21. The molecule has 2 heterocycles. The van der Waals surface area contributed by atoms with E-state index in [0.717, 1.165) is 18.5 Å². The Hall–Kier alpha value is -1.05. The number of piperidine rings is 1. The lowest BCUT2D eigenvalue weighted by Crippen LogP contribution is -2.46. The topological polar surface area (TPSA) is 62.3 Å². The van der Waals surface area contributed by atoms with Gasteiger partial charge in [0, 0.05) is 19.1 Å². The monoisotopic (exact) mass is 329 g/mol. The second-order valence-electron chi connectivity index (χ2n) is 6.23. The molecule has 124 valence electrons. The average molecular weight is 329 g/mol. The molecule has 0 unspecified atom stereocenters. The Bertz CT molecular complexity index is 581. The largest absolute Gasteiger partial charge is 0.306 e. The van der Waals surface area contributed by atoms with E-state index in [1.54, 1.807) is 6.07 Å². The van der Waals surface area contributed by atoms with Gasteiger partial charge in [-0.2, -0.15) is 0 Å². The third-order valence-electron chi connectivity index (χ3n) is 4.07. The lowest BCUT2D eigenvalue weighted by Gasteiger charge is -2.34. The lowest BCUT2D eigenvalue weighted by molar-refractivity contribution is 0.254. The van der Waals surface area contributed by atoms with Crippen molar-refractivity contribution in [1.29, 1.82) is 0 Å². The smallest absolute Gasteiger partial charge is 0.211 e. The molecule has 22 heavy (non-hydrogen) atoms. The van der Waals surface area contributed by atoms with E-state index in [-0.39, 0.29) is 17.9 Å². The fourth-order valence-corrected chi connectivity index (χ4v) is 3.67. The van der Waals surface area contributed by atoms with Gasteiger partial charge in [-0.1, -0.05) is 13.8 Å². The molecule has 1 aliphatic heterocycles. The van der Waals surface area contributed by atoms with Gasteiger partial charge in [0.2, 0.25) is 10.0 Å². The molecular formula is C15H24FN3O2S. The number of pyridine rings is 1. The molecule has 1 saturated heterocycles.